The third-order valence-corrected chi connectivity index (χ3v) is 9.21. The van der Waals surface area contributed by atoms with Crippen LogP contribution in [0.15, 0.2) is 18.2 Å². The van der Waals surface area contributed by atoms with Crippen molar-refractivity contribution in [1.82, 2.24) is 0 Å². The number of hydrogen-bond acceptors (Lipinski definition) is 5. The monoisotopic (exact) mass is 510 g/mol. The van der Waals surface area contributed by atoms with Gasteiger partial charge in [-0.15, -0.1) is 0 Å². The fraction of sp³-hybridized carbons (Fsp3) is 0.704. The Kier molecular flexibility index (Phi) is 6.50. The molecule has 0 amide bonds. The lowest BCUT2D eigenvalue weighted by Crippen LogP contribution is -2.49. The summed E-state index contributed by atoms with van der Waals surface area (Å²) in [5.74, 6) is 0.913. The molecule has 1 aliphatic heterocycles. The van der Waals surface area contributed by atoms with E-state index in [4.69, 9.17) is 21.1 Å². The van der Waals surface area contributed by atoms with Crippen molar-refractivity contribution in [3.05, 3.63) is 28.8 Å². The molecule has 1 heterocycles. The van der Waals surface area contributed by atoms with Crippen LogP contribution in [0.5, 0.6) is 5.75 Å². The number of hydrogen-bond donors (Lipinski definition) is 1. The Morgan fingerprint density at radius 3 is 2.43 bits per heavy atom. The molecule has 2 bridgehead atoms. The van der Waals surface area contributed by atoms with Crippen molar-refractivity contribution < 1.29 is 33.0 Å². The second-order valence-electron chi connectivity index (χ2n) is 11.5. The van der Waals surface area contributed by atoms with Gasteiger partial charge in [0.15, 0.2) is 11.9 Å². The summed E-state index contributed by atoms with van der Waals surface area (Å²) in [6.45, 7) is 0.753. The van der Waals surface area contributed by atoms with Crippen molar-refractivity contribution in [2.45, 2.75) is 102 Å². The van der Waals surface area contributed by atoms with Gasteiger partial charge in [0.1, 0.15) is 11.5 Å². The second kappa shape index (κ2) is 9.07. The SMILES string of the molecule is CC(F)(F)OC1CC(CC(=O)C23CCC(CC(=O)[C@H]4C[C@@H](O)c5cc(Cl)ccc5O4)(CC2)CC3)C1. The highest BCUT2D eigenvalue weighted by molar-refractivity contribution is 6.30. The summed E-state index contributed by atoms with van der Waals surface area (Å²) in [5.41, 5.74) is 0.197. The third-order valence-electron chi connectivity index (χ3n) is 8.98. The van der Waals surface area contributed by atoms with E-state index in [1.54, 1.807) is 18.2 Å². The van der Waals surface area contributed by atoms with Crippen LogP contribution in [0.3, 0.4) is 0 Å². The number of halogens is 3. The van der Waals surface area contributed by atoms with Gasteiger partial charge in [-0.1, -0.05) is 11.6 Å². The zero-order valence-electron chi connectivity index (χ0n) is 20.0. The Bertz CT molecular complexity index is 975. The number of aliphatic hydroxyl groups is 1. The first-order valence-electron chi connectivity index (χ1n) is 12.7. The molecule has 4 fully saturated rings. The number of benzene rings is 1. The molecule has 6 rings (SSSR count). The summed E-state index contributed by atoms with van der Waals surface area (Å²) in [7, 11) is 0. The van der Waals surface area contributed by atoms with Gasteiger partial charge in [-0.25, -0.2) is 0 Å². The van der Waals surface area contributed by atoms with E-state index < -0.39 is 24.4 Å². The lowest BCUT2D eigenvalue weighted by molar-refractivity contribution is -0.268. The Morgan fingerprint density at radius 2 is 1.80 bits per heavy atom. The van der Waals surface area contributed by atoms with Crippen molar-refractivity contribution >= 4 is 23.2 Å². The van der Waals surface area contributed by atoms with E-state index in [2.05, 4.69) is 0 Å². The molecule has 1 aromatic carbocycles. The van der Waals surface area contributed by atoms with E-state index in [1.807, 2.05) is 0 Å². The van der Waals surface area contributed by atoms with E-state index in [-0.39, 0.29) is 34.7 Å². The number of aliphatic hydroxyl groups excluding tert-OH is 1. The van der Waals surface area contributed by atoms with E-state index in [9.17, 15) is 23.5 Å². The predicted octanol–water partition coefficient (Wildman–Crippen LogP) is 6.19. The molecule has 1 N–H and O–H groups in total. The number of rotatable bonds is 8. The van der Waals surface area contributed by atoms with Crippen LogP contribution < -0.4 is 4.74 Å². The van der Waals surface area contributed by atoms with Crippen molar-refractivity contribution in [3.8, 4) is 5.75 Å². The summed E-state index contributed by atoms with van der Waals surface area (Å²) in [5, 5.41) is 11.0. The van der Waals surface area contributed by atoms with Crippen LogP contribution in [-0.4, -0.2) is 35.0 Å². The summed E-state index contributed by atoms with van der Waals surface area (Å²) < 4.78 is 36.7. The van der Waals surface area contributed by atoms with Crippen molar-refractivity contribution in [3.63, 3.8) is 0 Å². The van der Waals surface area contributed by atoms with Gasteiger partial charge in [0.05, 0.1) is 12.2 Å². The van der Waals surface area contributed by atoms with Crippen LogP contribution in [-0.2, 0) is 14.3 Å². The Labute approximate surface area is 209 Å². The maximum atomic E-state index is 13.2. The Morgan fingerprint density at radius 1 is 1.14 bits per heavy atom. The van der Waals surface area contributed by atoms with Gasteiger partial charge < -0.3 is 14.6 Å². The molecule has 8 heteroatoms. The lowest BCUT2D eigenvalue weighted by atomic mass is 9.50. The molecule has 0 saturated heterocycles. The van der Waals surface area contributed by atoms with Gasteiger partial charge in [0.2, 0.25) is 0 Å². The van der Waals surface area contributed by atoms with Crippen LogP contribution in [0.2, 0.25) is 5.02 Å². The van der Waals surface area contributed by atoms with Crippen LogP contribution >= 0.6 is 11.6 Å². The molecule has 0 spiro atoms. The van der Waals surface area contributed by atoms with Gasteiger partial charge in [-0.3, -0.25) is 9.59 Å². The van der Waals surface area contributed by atoms with Gasteiger partial charge >= 0.3 is 6.11 Å². The largest absolute Gasteiger partial charge is 0.482 e. The van der Waals surface area contributed by atoms with E-state index >= 15 is 0 Å². The van der Waals surface area contributed by atoms with Crippen LogP contribution in [0.25, 0.3) is 0 Å². The number of alkyl halides is 2. The topological polar surface area (TPSA) is 72.8 Å². The third kappa shape index (κ3) is 5.14. The first-order valence-corrected chi connectivity index (χ1v) is 13.1. The normalized spacial score (nSPS) is 36.1. The van der Waals surface area contributed by atoms with Crippen LogP contribution in [0.1, 0.15) is 89.2 Å². The first kappa shape index (κ1) is 25.1. The summed E-state index contributed by atoms with van der Waals surface area (Å²) in [6.07, 6.45) is 1.95. The van der Waals surface area contributed by atoms with E-state index in [0.717, 1.165) is 45.4 Å². The van der Waals surface area contributed by atoms with Crippen molar-refractivity contribution in [2.24, 2.45) is 16.7 Å². The molecule has 1 aromatic rings. The quantitative estimate of drug-likeness (QED) is 0.451. The molecule has 2 atom stereocenters. The Hall–Kier alpha value is -1.57. The number of Topliss-reactive ketones (excluding diaryl/α,β-unsaturated/α-hetero) is 2. The average molecular weight is 511 g/mol. The number of carbonyl (C=O) groups excluding carboxylic acids is 2. The molecule has 4 saturated carbocycles. The standard InChI is InChI=1S/C27H33ClF2O5/c1-25(29,30)35-18-10-16(11-18)12-24(33)27-7-4-26(5-8-27,6-9-27)15-21(32)23-14-20(31)19-13-17(28)2-3-22(19)34-23/h2-3,13,16,18,20,23,31H,4-12,14-15H2,1H3/t16?,18?,20-,23-,26?,27?/m1/s1. The van der Waals surface area contributed by atoms with Gasteiger partial charge in [-0.05, 0) is 80.9 Å². The van der Waals surface area contributed by atoms with Gasteiger partial charge in [0.25, 0.3) is 0 Å². The van der Waals surface area contributed by atoms with E-state index in [1.165, 1.54) is 0 Å². The van der Waals surface area contributed by atoms with Gasteiger partial charge in [-0.2, -0.15) is 8.78 Å². The van der Waals surface area contributed by atoms with Crippen molar-refractivity contribution in [1.29, 1.82) is 0 Å². The molecule has 0 aromatic heterocycles. The molecular weight excluding hydrogens is 478 g/mol. The van der Waals surface area contributed by atoms with Gasteiger partial charge in [0, 0.05) is 42.2 Å². The molecule has 192 valence electrons. The molecule has 5 nitrogen and oxygen atoms in total. The molecule has 5 aliphatic rings. The summed E-state index contributed by atoms with van der Waals surface area (Å²) in [6, 6.07) is 5.06. The summed E-state index contributed by atoms with van der Waals surface area (Å²) >= 11 is 6.02. The predicted molar refractivity (Wildman–Crippen MR) is 125 cm³/mol. The molecule has 0 radical (unpaired) electrons. The van der Waals surface area contributed by atoms with Crippen LogP contribution in [0, 0.1) is 16.7 Å². The molecule has 35 heavy (non-hydrogen) atoms. The molecular formula is C27H33ClF2O5. The minimum atomic E-state index is -3.12. The average Bonchev–Trinajstić information content (AvgIpc) is 2.78. The minimum Gasteiger partial charge on any atom is -0.482 e. The Balaban J connectivity index is 1.13. The van der Waals surface area contributed by atoms with Crippen LogP contribution in [0.4, 0.5) is 8.78 Å². The van der Waals surface area contributed by atoms with E-state index in [0.29, 0.717) is 42.0 Å². The highest BCUT2D eigenvalue weighted by Gasteiger charge is 2.53. The number of fused-ring (bicyclic) bond motifs is 4. The zero-order chi connectivity index (χ0) is 25.0. The molecule has 0 unspecified atom stereocenters. The number of ketones is 2. The fourth-order valence-electron chi connectivity index (χ4n) is 6.75. The maximum absolute atomic E-state index is 13.2. The maximum Gasteiger partial charge on any atom is 0.353 e. The first-order chi connectivity index (χ1) is 16.5. The minimum absolute atomic E-state index is 0.0126. The summed E-state index contributed by atoms with van der Waals surface area (Å²) in [4.78, 5) is 26.4. The number of carbonyl (C=O) groups is 2. The second-order valence-corrected chi connectivity index (χ2v) is 11.9. The number of ether oxygens (including phenoxy) is 2. The lowest BCUT2D eigenvalue weighted by Gasteiger charge is -2.53. The smallest absolute Gasteiger partial charge is 0.353 e. The highest BCUT2D eigenvalue weighted by Crippen LogP contribution is 2.59. The van der Waals surface area contributed by atoms with Crippen molar-refractivity contribution in [2.75, 3.05) is 0 Å². The molecule has 4 aliphatic carbocycles. The fourth-order valence-corrected chi connectivity index (χ4v) is 6.93. The zero-order valence-corrected chi connectivity index (χ0v) is 20.8. The highest BCUT2D eigenvalue weighted by atomic mass is 35.5.